The number of hydrogen-bond acceptors (Lipinski definition) is 3. The van der Waals surface area contributed by atoms with Crippen LogP contribution >= 0.6 is 11.6 Å². The molecule has 2 aliphatic rings. The van der Waals surface area contributed by atoms with Crippen molar-refractivity contribution in [2.24, 2.45) is 0 Å². The highest BCUT2D eigenvalue weighted by molar-refractivity contribution is 6.35. The Hall–Kier alpha value is -3.44. The third-order valence-corrected chi connectivity index (χ3v) is 6.38. The summed E-state index contributed by atoms with van der Waals surface area (Å²) in [7, 11) is 0. The summed E-state index contributed by atoms with van der Waals surface area (Å²) in [6.45, 7) is 1.24. The first-order valence-corrected chi connectivity index (χ1v) is 10.8. The summed E-state index contributed by atoms with van der Waals surface area (Å²) >= 11 is 6.30. The first kappa shape index (κ1) is 20.5. The van der Waals surface area contributed by atoms with Crippen molar-refractivity contribution in [2.45, 2.75) is 19.5 Å². The highest BCUT2D eigenvalue weighted by atomic mass is 35.5. The van der Waals surface area contributed by atoms with Gasteiger partial charge in [0.2, 0.25) is 0 Å². The Morgan fingerprint density at radius 2 is 1.53 bits per heavy atom. The second-order valence-corrected chi connectivity index (χ2v) is 8.37. The predicted octanol–water partition coefficient (Wildman–Crippen LogP) is 4.82. The Kier molecular flexibility index (Phi) is 5.27. The zero-order valence-electron chi connectivity index (χ0n) is 17.2. The van der Waals surface area contributed by atoms with Crippen LogP contribution in [-0.4, -0.2) is 28.2 Å². The zero-order valence-corrected chi connectivity index (χ0v) is 18.0. The quantitative estimate of drug-likeness (QED) is 0.540. The molecule has 0 aromatic heterocycles. The summed E-state index contributed by atoms with van der Waals surface area (Å²) in [5.74, 6) is -1.14. The minimum atomic E-state index is -0.396. The van der Waals surface area contributed by atoms with E-state index < -0.39 is 11.7 Å². The Balaban J connectivity index is 1.56. The van der Waals surface area contributed by atoms with Gasteiger partial charge in [0.1, 0.15) is 11.5 Å². The van der Waals surface area contributed by atoms with Crippen LogP contribution in [0.25, 0.3) is 5.57 Å². The van der Waals surface area contributed by atoms with Crippen LogP contribution in [0.2, 0.25) is 5.02 Å². The average Bonchev–Trinajstić information content (AvgIpc) is 3.05. The van der Waals surface area contributed by atoms with Crippen LogP contribution in [0, 0.1) is 5.82 Å². The standard InChI is InChI=1S/C26H20ClFN2O2/c27-22-8-4-3-7-20(22)16-30-25(31)23(18-9-11-21(28)12-10-18)24(26(30)32)29-14-13-17-5-1-2-6-19(17)15-29/h1-12H,13-16H2. The van der Waals surface area contributed by atoms with E-state index in [4.69, 9.17) is 11.6 Å². The van der Waals surface area contributed by atoms with Crippen molar-refractivity contribution >= 4 is 29.0 Å². The van der Waals surface area contributed by atoms with Crippen LogP contribution < -0.4 is 0 Å². The normalized spacial score (nSPS) is 16.1. The van der Waals surface area contributed by atoms with Gasteiger partial charge in [-0.3, -0.25) is 14.5 Å². The molecule has 160 valence electrons. The molecule has 0 bridgehead atoms. The number of carbonyl (C=O) groups excluding carboxylic acids is 2. The highest BCUT2D eigenvalue weighted by Crippen LogP contribution is 2.35. The van der Waals surface area contributed by atoms with E-state index in [1.165, 1.54) is 22.6 Å². The van der Waals surface area contributed by atoms with Crippen molar-refractivity contribution in [2.75, 3.05) is 6.54 Å². The average molecular weight is 447 g/mol. The fourth-order valence-corrected chi connectivity index (χ4v) is 4.56. The number of amides is 2. The molecule has 0 radical (unpaired) electrons. The molecule has 0 spiro atoms. The van der Waals surface area contributed by atoms with Crippen molar-refractivity contribution in [1.82, 2.24) is 9.80 Å². The molecule has 0 N–H and O–H groups in total. The number of benzene rings is 3. The van der Waals surface area contributed by atoms with Gasteiger partial charge in [0, 0.05) is 18.1 Å². The van der Waals surface area contributed by atoms with E-state index in [-0.39, 0.29) is 12.5 Å². The first-order valence-electron chi connectivity index (χ1n) is 10.4. The van der Waals surface area contributed by atoms with Gasteiger partial charge in [0.05, 0.1) is 12.1 Å². The molecule has 0 fully saturated rings. The molecule has 0 atom stereocenters. The Morgan fingerprint density at radius 3 is 2.28 bits per heavy atom. The lowest BCUT2D eigenvalue weighted by atomic mass is 9.98. The topological polar surface area (TPSA) is 40.6 Å². The second-order valence-electron chi connectivity index (χ2n) is 7.96. The lowest BCUT2D eigenvalue weighted by Crippen LogP contribution is -2.37. The van der Waals surface area contributed by atoms with E-state index in [9.17, 15) is 14.0 Å². The van der Waals surface area contributed by atoms with Crippen LogP contribution in [0.5, 0.6) is 0 Å². The van der Waals surface area contributed by atoms with E-state index in [1.54, 1.807) is 30.3 Å². The molecule has 2 amide bonds. The van der Waals surface area contributed by atoms with E-state index >= 15 is 0 Å². The van der Waals surface area contributed by atoms with E-state index in [1.807, 2.05) is 29.2 Å². The minimum Gasteiger partial charge on any atom is -0.362 e. The summed E-state index contributed by atoms with van der Waals surface area (Å²) in [6, 6.07) is 21.0. The first-order chi connectivity index (χ1) is 15.5. The molecule has 6 heteroatoms. The van der Waals surface area contributed by atoms with Crippen LogP contribution in [0.1, 0.15) is 22.3 Å². The number of fused-ring (bicyclic) bond motifs is 1. The maximum Gasteiger partial charge on any atom is 0.278 e. The Bertz CT molecular complexity index is 1250. The number of rotatable bonds is 4. The molecule has 0 aliphatic carbocycles. The number of halogens is 2. The molecular weight excluding hydrogens is 427 g/mol. The van der Waals surface area contributed by atoms with Crippen molar-refractivity contribution in [1.29, 1.82) is 0 Å². The van der Waals surface area contributed by atoms with Gasteiger partial charge in [-0.05, 0) is 46.9 Å². The summed E-state index contributed by atoms with van der Waals surface area (Å²) < 4.78 is 13.6. The molecule has 0 saturated carbocycles. The molecular formula is C26H20ClFN2O2. The molecule has 0 saturated heterocycles. The Morgan fingerprint density at radius 1 is 0.844 bits per heavy atom. The van der Waals surface area contributed by atoms with Gasteiger partial charge in [0.25, 0.3) is 11.8 Å². The molecule has 2 heterocycles. The zero-order chi connectivity index (χ0) is 22.2. The van der Waals surface area contributed by atoms with Gasteiger partial charge < -0.3 is 4.90 Å². The van der Waals surface area contributed by atoms with Gasteiger partial charge >= 0.3 is 0 Å². The summed E-state index contributed by atoms with van der Waals surface area (Å²) in [5.41, 5.74) is 4.27. The monoisotopic (exact) mass is 446 g/mol. The SMILES string of the molecule is O=C1C(c2ccc(F)cc2)=C(N2CCc3ccccc3C2)C(=O)N1Cc1ccccc1Cl. The van der Waals surface area contributed by atoms with E-state index in [0.717, 1.165) is 12.0 Å². The third-order valence-electron chi connectivity index (χ3n) is 6.01. The van der Waals surface area contributed by atoms with Crippen molar-refractivity contribution in [3.63, 3.8) is 0 Å². The lowest BCUT2D eigenvalue weighted by Gasteiger charge is -2.31. The molecule has 4 nitrogen and oxygen atoms in total. The second kappa shape index (κ2) is 8.24. The summed E-state index contributed by atoms with van der Waals surface area (Å²) in [5, 5.41) is 0.497. The van der Waals surface area contributed by atoms with Crippen LogP contribution in [-0.2, 0) is 29.1 Å². The maximum atomic E-state index is 13.6. The maximum absolute atomic E-state index is 13.6. The number of imide groups is 1. The molecule has 3 aromatic carbocycles. The van der Waals surface area contributed by atoms with Crippen LogP contribution in [0.15, 0.2) is 78.5 Å². The van der Waals surface area contributed by atoms with Gasteiger partial charge in [-0.15, -0.1) is 0 Å². The highest BCUT2D eigenvalue weighted by Gasteiger charge is 2.42. The van der Waals surface area contributed by atoms with Gasteiger partial charge in [-0.1, -0.05) is 66.2 Å². The van der Waals surface area contributed by atoms with Crippen LogP contribution in [0.4, 0.5) is 4.39 Å². The summed E-state index contributed by atoms with van der Waals surface area (Å²) in [4.78, 5) is 30.3. The predicted molar refractivity (Wildman–Crippen MR) is 121 cm³/mol. The largest absolute Gasteiger partial charge is 0.362 e. The van der Waals surface area contributed by atoms with Gasteiger partial charge in [0.15, 0.2) is 0 Å². The molecule has 5 rings (SSSR count). The Labute approximate surface area is 190 Å². The molecule has 2 aliphatic heterocycles. The van der Waals surface area contributed by atoms with Crippen LogP contribution in [0.3, 0.4) is 0 Å². The lowest BCUT2D eigenvalue weighted by molar-refractivity contribution is -0.138. The fraction of sp³-hybridized carbons (Fsp3) is 0.154. The van der Waals surface area contributed by atoms with Crippen molar-refractivity contribution in [3.05, 3.63) is 112 Å². The van der Waals surface area contributed by atoms with E-state index in [2.05, 4.69) is 6.07 Å². The van der Waals surface area contributed by atoms with Gasteiger partial charge in [-0.25, -0.2) is 4.39 Å². The number of nitrogens with zero attached hydrogens (tertiary/aromatic N) is 2. The smallest absolute Gasteiger partial charge is 0.278 e. The molecule has 0 unspecified atom stereocenters. The summed E-state index contributed by atoms with van der Waals surface area (Å²) in [6.07, 6.45) is 0.780. The van der Waals surface area contributed by atoms with Gasteiger partial charge in [-0.2, -0.15) is 0 Å². The van der Waals surface area contributed by atoms with E-state index in [0.29, 0.717) is 40.5 Å². The minimum absolute atomic E-state index is 0.0793. The molecule has 32 heavy (non-hydrogen) atoms. The van der Waals surface area contributed by atoms with Crippen molar-refractivity contribution in [3.8, 4) is 0 Å². The number of hydrogen-bond donors (Lipinski definition) is 0. The number of carbonyl (C=O) groups is 2. The third kappa shape index (κ3) is 3.59. The van der Waals surface area contributed by atoms with Crippen molar-refractivity contribution < 1.29 is 14.0 Å². The molecule has 3 aromatic rings. The fourth-order valence-electron chi connectivity index (χ4n) is 4.36.